The van der Waals surface area contributed by atoms with E-state index in [1.807, 2.05) is 0 Å². The van der Waals surface area contributed by atoms with Gasteiger partial charge in [0.05, 0.1) is 6.10 Å². The number of ether oxygens (including phenoxy) is 1. The minimum atomic E-state index is -3.78. The van der Waals surface area contributed by atoms with Crippen molar-refractivity contribution in [2.24, 2.45) is 0 Å². The molecule has 0 saturated carbocycles. The number of rotatable bonds is 11. The van der Waals surface area contributed by atoms with Gasteiger partial charge in [0.2, 0.25) is 0 Å². The molecule has 0 aliphatic rings. The van der Waals surface area contributed by atoms with Gasteiger partial charge in [-0.1, -0.05) is 39.0 Å². The molecule has 0 aromatic carbocycles. The summed E-state index contributed by atoms with van der Waals surface area (Å²) in [7, 11) is -2.02. The lowest BCUT2D eigenvalue weighted by Crippen LogP contribution is -2.10. The molecule has 0 saturated heterocycles. The summed E-state index contributed by atoms with van der Waals surface area (Å²) in [5.41, 5.74) is 0. The Bertz CT molecular complexity index is 215. The first-order chi connectivity index (χ1) is 7.99. The summed E-state index contributed by atoms with van der Waals surface area (Å²) < 4.78 is 16.0. The molecule has 1 atom stereocenters. The van der Waals surface area contributed by atoms with Crippen molar-refractivity contribution >= 4 is 7.60 Å². The molecule has 0 fully saturated rings. The predicted molar refractivity (Wildman–Crippen MR) is 70.3 cm³/mol. The van der Waals surface area contributed by atoms with Crippen molar-refractivity contribution in [1.29, 1.82) is 0 Å². The van der Waals surface area contributed by atoms with Crippen LogP contribution >= 0.6 is 7.60 Å². The van der Waals surface area contributed by atoms with Gasteiger partial charge in [-0.15, -0.1) is 0 Å². The van der Waals surface area contributed by atoms with Gasteiger partial charge in [-0.25, -0.2) is 0 Å². The molecule has 1 unspecified atom stereocenters. The Hall–Kier alpha value is 0.110. The van der Waals surface area contributed by atoms with Crippen LogP contribution in [0.25, 0.3) is 0 Å². The molecule has 4 nitrogen and oxygen atoms in total. The molecule has 0 spiro atoms. The topological polar surface area (TPSA) is 66.8 Å². The lowest BCUT2D eigenvalue weighted by molar-refractivity contribution is 0.0837. The minimum absolute atomic E-state index is 0.0243. The molecule has 104 valence electrons. The fourth-order valence-electron chi connectivity index (χ4n) is 1.86. The molecule has 0 amide bonds. The molecule has 5 heteroatoms. The third kappa shape index (κ3) is 12.4. The van der Waals surface area contributed by atoms with Crippen LogP contribution in [0.15, 0.2) is 0 Å². The van der Waals surface area contributed by atoms with E-state index in [0.29, 0.717) is 12.5 Å². The molecule has 0 aliphatic carbocycles. The first-order valence-corrected chi connectivity index (χ1v) is 8.36. The van der Waals surface area contributed by atoms with Crippen molar-refractivity contribution < 1.29 is 19.1 Å². The highest BCUT2D eigenvalue weighted by Gasteiger charge is 2.11. The summed E-state index contributed by atoms with van der Waals surface area (Å²) in [5, 5.41) is 0. The van der Waals surface area contributed by atoms with Gasteiger partial charge in [0.1, 0.15) is 0 Å². The van der Waals surface area contributed by atoms with E-state index in [2.05, 4.69) is 6.92 Å². The van der Waals surface area contributed by atoms with E-state index >= 15 is 0 Å². The molecule has 17 heavy (non-hydrogen) atoms. The van der Waals surface area contributed by atoms with E-state index in [1.54, 1.807) is 7.11 Å². The van der Waals surface area contributed by atoms with Gasteiger partial charge < -0.3 is 14.5 Å². The first-order valence-electron chi connectivity index (χ1n) is 6.57. The molecule has 0 aliphatic heterocycles. The Morgan fingerprint density at radius 1 is 1.06 bits per heavy atom. The summed E-state index contributed by atoms with van der Waals surface area (Å²) in [6.45, 7) is 2.18. The van der Waals surface area contributed by atoms with Crippen molar-refractivity contribution in [3.63, 3.8) is 0 Å². The Balaban J connectivity index is 3.39. The molecular formula is C12H27O4P. The van der Waals surface area contributed by atoms with Crippen LogP contribution in [0.1, 0.15) is 58.3 Å². The molecule has 0 radical (unpaired) electrons. The highest BCUT2D eigenvalue weighted by molar-refractivity contribution is 7.51. The zero-order valence-corrected chi connectivity index (χ0v) is 12.0. The average Bonchev–Trinajstić information content (AvgIpc) is 2.25. The van der Waals surface area contributed by atoms with Gasteiger partial charge in [0.25, 0.3) is 0 Å². The maximum absolute atomic E-state index is 10.6. The number of hydrogen-bond acceptors (Lipinski definition) is 2. The van der Waals surface area contributed by atoms with Crippen molar-refractivity contribution in [3.05, 3.63) is 0 Å². The minimum Gasteiger partial charge on any atom is -0.381 e. The fourth-order valence-corrected chi connectivity index (χ4v) is 2.49. The second kappa shape index (κ2) is 10.1. The van der Waals surface area contributed by atoms with E-state index in [1.165, 1.54) is 12.8 Å². The number of unbranched alkanes of at least 4 members (excludes halogenated alkanes) is 4. The Labute approximate surface area is 105 Å². The van der Waals surface area contributed by atoms with Gasteiger partial charge in [-0.2, -0.15) is 0 Å². The predicted octanol–water partition coefficient (Wildman–Crippen LogP) is 3.32. The third-order valence-corrected chi connectivity index (χ3v) is 3.84. The summed E-state index contributed by atoms with van der Waals surface area (Å²) in [6.07, 6.45) is 8.61. The van der Waals surface area contributed by atoms with Crippen LogP contribution in [0, 0.1) is 0 Å². The van der Waals surface area contributed by atoms with Gasteiger partial charge in [0.15, 0.2) is 0 Å². The summed E-state index contributed by atoms with van der Waals surface area (Å²) in [5.74, 6) is 0. The highest BCUT2D eigenvalue weighted by atomic mass is 31.2. The normalized spacial score (nSPS) is 13.9. The second-order valence-electron chi connectivity index (χ2n) is 4.59. The Morgan fingerprint density at radius 2 is 1.65 bits per heavy atom. The zero-order chi connectivity index (χ0) is 13.1. The summed E-state index contributed by atoms with van der Waals surface area (Å²) in [6, 6.07) is 0. The number of hydrogen-bond donors (Lipinski definition) is 2. The summed E-state index contributed by atoms with van der Waals surface area (Å²) >= 11 is 0. The summed E-state index contributed by atoms with van der Waals surface area (Å²) in [4.78, 5) is 17.4. The number of methoxy groups -OCH3 is 1. The monoisotopic (exact) mass is 266 g/mol. The smallest absolute Gasteiger partial charge is 0.325 e. The van der Waals surface area contributed by atoms with Crippen LogP contribution in [-0.2, 0) is 9.30 Å². The lowest BCUT2D eigenvalue weighted by Gasteiger charge is -2.14. The standard InChI is InChI=1S/C12H27O4P/c1-3-4-9-12(16-2)10-7-5-6-8-11-17(13,14)15/h12H,3-11H2,1-2H3,(H2,13,14,15). The zero-order valence-electron chi connectivity index (χ0n) is 11.1. The van der Waals surface area contributed by atoms with E-state index in [4.69, 9.17) is 14.5 Å². The van der Waals surface area contributed by atoms with Gasteiger partial charge in [-0.3, -0.25) is 4.57 Å². The maximum atomic E-state index is 10.6. The largest absolute Gasteiger partial charge is 0.381 e. The SMILES string of the molecule is CCCCC(CCCCCCP(=O)(O)O)OC. The van der Waals surface area contributed by atoms with Gasteiger partial charge >= 0.3 is 7.60 Å². The quantitative estimate of drug-likeness (QED) is 0.444. The second-order valence-corrected chi connectivity index (χ2v) is 6.37. The molecule has 0 heterocycles. The van der Waals surface area contributed by atoms with E-state index < -0.39 is 7.60 Å². The van der Waals surface area contributed by atoms with Gasteiger partial charge in [0, 0.05) is 13.3 Å². The Kier molecular flexibility index (Phi) is 10.1. The van der Waals surface area contributed by atoms with Crippen molar-refractivity contribution in [2.45, 2.75) is 64.4 Å². The molecule has 0 rings (SSSR count). The Morgan fingerprint density at radius 3 is 2.18 bits per heavy atom. The fraction of sp³-hybridized carbons (Fsp3) is 1.00. The molecule has 0 bridgehead atoms. The maximum Gasteiger partial charge on any atom is 0.325 e. The van der Waals surface area contributed by atoms with E-state index in [-0.39, 0.29) is 6.16 Å². The van der Waals surface area contributed by atoms with Crippen molar-refractivity contribution in [3.8, 4) is 0 Å². The highest BCUT2D eigenvalue weighted by Crippen LogP contribution is 2.35. The van der Waals surface area contributed by atoms with Crippen molar-refractivity contribution in [2.75, 3.05) is 13.3 Å². The molecule has 2 N–H and O–H groups in total. The van der Waals surface area contributed by atoms with Crippen LogP contribution in [0.3, 0.4) is 0 Å². The van der Waals surface area contributed by atoms with E-state index in [9.17, 15) is 4.57 Å². The lowest BCUT2D eigenvalue weighted by atomic mass is 10.0. The van der Waals surface area contributed by atoms with E-state index in [0.717, 1.165) is 32.1 Å². The van der Waals surface area contributed by atoms with Crippen LogP contribution in [0.2, 0.25) is 0 Å². The average molecular weight is 266 g/mol. The van der Waals surface area contributed by atoms with Crippen LogP contribution < -0.4 is 0 Å². The van der Waals surface area contributed by atoms with Crippen LogP contribution in [-0.4, -0.2) is 29.2 Å². The van der Waals surface area contributed by atoms with Gasteiger partial charge in [-0.05, 0) is 19.3 Å². The molecule has 0 aromatic rings. The third-order valence-electron chi connectivity index (χ3n) is 2.94. The molecular weight excluding hydrogens is 239 g/mol. The first kappa shape index (κ1) is 17.1. The molecule has 0 aromatic heterocycles. The van der Waals surface area contributed by atoms with Crippen molar-refractivity contribution in [1.82, 2.24) is 0 Å². The van der Waals surface area contributed by atoms with Crippen LogP contribution in [0.5, 0.6) is 0 Å². The van der Waals surface area contributed by atoms with Crippen LogP contribution in [0.4, 0.5) is 0 Å².